The van der Waals surface area contributed by atoms with Crippen molar-refractivity contribution in [3.63, 3.8) is 0 Å². The van der Waals surface area contributed by atoms with E-state index >= 15 is 0 Å². The first kappa shape index (κ1) is 11.5. The number of rotatable bonds is 1. The molecule has 1 aromatic carbocycles. The van der Waals surface area contributed by atoms with Crippen molar-refractivity contribution in [1.29, 1.82) is 0 Å². The van der Waals surface area contributed by atoms with Crippen LogP contribution in [0.3, 0.4) is 0 Å². The molecule has 0 saturated heterocycles. The molecule has 1 aromatic rings. The Labute approximate surface area is 103 Å². The van der Waals surface area contributed by atoms with Gasteiger partial charge in [0.1, 0.15) is 0 Å². The molecule has 1 atom stereocenters. The molecule has 1 aliphatic rings. The Kier molecular flexibility index (Phi) is 3.49. The van der Waals surface area contributed by atoms with Crippen LogP contribution < -0.4 is 5.32 Å². The van der Waals surface area contributed by atoms with Gasteiger partial charge in [-0.05, 0) is 42.5 Å². The van der Waals surface area contributed by atoms with E-state index in [1.165, 1.54) is 5.56 Å². The second-order valence-electron chi connectivity index (χ2n) is 4.09. The van der Waals surface area contributed by atoms with E-state index in [4.69, 9.17) is 5.11 Å². The van der Waals surface area contributed by atoms with Gasteiger partial charge in [-0.15, -0.1) is 0 Å². The third-order valence-corrected chi connectivity index (χ3v) is 3.46. The first-order chi connectivity index (χ1) is 7.66. The van der Waals surface area contributed by atoms with Crippen LogP contribution in [-0.4, -0.2) is 11.2 Å². The lowest BCUT2D eigenvalue weighted by Gasteiger charge is -2.17. The lowest BCUT2D eigenvalue weighted by molar-refractivity contribution is 0.189. The molecule has 0 aliphatic heterocycles. The van der Waals surface area contributed by atoms with E-state index in [-0.39, 0.29) is 6.04 Å². The second-order valence-corrected chi connectivity index (χ2v) is 5.01. The minimum absolute atomic E-state index is 0.0527. The Morgan fingerprint density at radius 3 is 3.00 bits per heavy atom. The maximum absolute atomic E-state index is 10.7. The number of aryl methyl sites for hydroxylation is 1. The smallest absolute Gasteiger partial charge is 0.405 e. The van der Waals surface area contributed by atoms with Gasteiger partial charge in [-0.25, -0.2) is 4.79 Å². The molecule has 0 aromatic heterocycles. The lowest BCUT2D eigenvalue weighted by atomic mass is 9.99. The monoisotopic (exact) mass is 283 g/mol. The maximum Gasteiger partial charge on any atom is 0.405 e. The Hall–Kier alpha value is -1.03. The Morgan fingerprint density at radius 2 is 2.25 bits per heavy atom. The van der Waals surface area contributed by atoms with Crippen molar-refractivity contribution in [2.75, 3.05) is 0 Å². The van der Waals surface area contributed by atoms with Gasteiger partial charge >= 0.3 is 6.09 Å². The van der Waals surface area contributed by atoms with E-state index in [1.54, 1.807) is 0 Å². The van der Waals surface area contributed by atoms with Crippen LogP contribution in [0.5, 0.6) is 0 Å². The Morgan fingerprint density at radius 1 is 1.44 bits per heavy atom. The van der Waals surface area contributed by atoms with Crippen LogP contribution in [0.25, 0.3) is 0 Å². The highest BCUT2D eigenvalue weighted by molar-refractivity contribution is 9.10. The molecule has 86 valence electrons. The normalized spacial score (nSPS) is 19.7. The molecule has 16 heavy (non-hydrogen) atoms. The van der Waals surface area contributed by atoms with Crippen molar-refractivity contribution in [3.8, 4) is 0 Å². The van der Waals surface area contributed by atoms with Gasteiger partial charge in [0.25, 0.3) is 0 Å². The first-order valence-corrected chi connectivity index (χ1v) is 6.24. The number of amides is 1. The molecule has 4 heteroatoms. The molecule has 0 heterocycles. The summed E-state index contributed by atoms with van der Waals surface area (Å²) in [4.78, 5) is 10.7. The molecule has 1 aliphatic carbocycles. The highest BCUT2D eigenvalue weighted by Gasteiger charge is 2.19. The van der Waals surface area contributed by atoms with Crippen LogP contribution in [0, 0.1) is 0 Å². The topological polar surface area (TPSA) is 49.3 Å². The third-order valence-electron chi connectivity index (χ3n) is 2.97. The summed E-state index contributed by atoms with van der Waals surface area (Å²) in [6, 6.07) is 6.03. The van der Waals surface area contributed by atoms with Gasteiger partial charge in [0.2, 0.25) is 0 Å². The number of halogens is 1. The van der Waals surface area contributed by atoms with E-state index in [0.29, 0.717) is 0 Å². The summed E-state index contributed by atoms with van der Waals surface area (Å²) in [7, 11) is 0. The summed E-state index contributed by atoms with van der Waals surface area (Å²) in [5, 5.41) is 11.4. The Balaban J connectivity index is 2.32. The van der Waals surface area contributed by atoms with Crippen molar-refractivity contribution in [2.24, 2.45) is 0 Å². The largest absolute Gasteiger partial charge is 0.465 e. The fourth-order valence-corrected chi connectivity index (χ4v) is 2.66. The number of nitrogens with one attached hydrogen (secondary N) is 1. The predicted molar refractivity (Wildman–Crippen MR) is 65.6 cm³/mol. The number of fused-ring (bicyclic) bond motifs is 1. The van der Waals surface area contributed by atoms with Gasteiger partial charge in [-0.2, -0.15) is 0 Å². The molecule has 0 radical (unpaired) electrons. The zero-order valence-corrected chi connectivity index (χ0v) is 10.5. The fourth-order valence-electron chi connectivity index (χ4n) is 2.25. The molecule has 2 N–H and O–H groups in total. The van der Waals surface area contributed by atoms with Crippen LogP contribution in [0.1, 0.15) is 36.4 Å². The zero-order valence-electron chi connectivity index (χ0n) is 8.87. The van der Waals surface area contributed by atoms with Gasteiger partial charge in [-0.3, -0.25) is 0 Å². The van der Waals surface area contributed by atoms with Crippen molar-refractivity contribution >= 4 is 22.0 Å². The van der Waals surface area contributed by atoms with E-state index in [1.807, 2.05) is 12.1 Å². The molecule has 0 fully saturated rings. The van der Waals surface area contributed by atoms with Crippen molar-refractivity contribution < 1.29 is 9.90 Å². The average Bonchev–Trinajstić information content (AvgIpc) is 2.40. The van der Waals surface area contributed by atoms with E-state index < -0.39 is 6.09 Å². The van der Waals surface area contributed by atoms with Gasteiger partial charge in [0.05, 0.1) is 6.04 Å². The van der Waals surface area contributed by atoms with Gasteiger partial charge < -0.3 is 10.4 Å². The summed E-state index contributed by atoms with van der Waals surface area (Å²) >= 11 is 3.45. The van der Waals surface area contributed by atoms with Crippen LogP contribution >= 0.6 is 15.9 Å². The summed E-state index contributed by atoms with van der Waals surface area (Å²) < 4.78 is 1.06. The van der Waals surface area contributed by atoms with Crippen molar-refractivity contribution in [2.45, 2.75) is 31.7 Å². The van der Waals surface area contributed by atoms with Gasteiger partial charge in [0, 0.05) is 4.47 Å². The standard InChI is InChI=1S/C12H14BrNO2/c13-9-5-6-10-8(7-9)3-1-2-4-11(10)14-12(15)16/h5-7,11,14H,1-4H2,(H,15,16). The molecule has 3 nitrogen and oxygen atoms in total. The molecule has 0 spiro atoms. The average molecular weight is 284 g/mol. The fraction of sp³-hybridized carbons (Fsp3) is 0.417. The number of carboxylic acid groups (broad SMARTS) is 1. The quantitative estimate of drug-likeness (QED) is 0.776. The first-order valence-electron chi connectivity index (χ1n) is 5.44. The van der Waals surface area contributed by atoms with Crippen LogP contribution in [0.2, 0.25) is 0 Å². The number of hydrogen-bond acceptors (Lipinski definition) is 1. The van der Waals surface area contributed by atoms with Crippen molar-refractivity contribution in [1.82, 2.24) is 5.32 Å². The minimum atomic E-state index is -0.944. The van der Waals surface area contributed by atoms with E-state index in [2.05, 4.69) is 27.3 Å². The summed E-state index contributed by atoms with van der Waals surface area (Å²) in [5.74, 6) is 0. The number of carbonyl (C=O) groups is 1. The molecule has 1 unspecified atom stereocenters. The summed E-state index contributed by atoms with van der Waals surface area (Å²) in [6.07, 6.45) is 3.17. The number of hydrogen-bond donors (Lipinski definition) is 2. The van der Waals surface area contributed by atoms with Crippen LogP contribution in [0.4, 0.5) is 4.79 Å². The second kappa shape index (κ2) is 4.87. The van der Waals surface area contributed by atoms with Crippen molar-refractivity contribution in [3.05, 3.63) is 33.8 Å². The summed E-state index contributed by atoms with van der Waals surface area (Å²) in [5.41, 5.74) is 2.38. The van der Waals surface area contributed by atoms with Crippen LogP contribution in [0.15, 0.2) is 22.7 Å². The third kappa shape index (κ3) is 2.55. The molecular weight excluding hydrogens is 270 g/mol. The molecule has 1 amide bonds. The van der Waals surface area contributed by atoms with Gasteiger partial charge in [-0.1, -0.05) is 28.4 Å². The highest BCUT2D eigenvalue weighted by atomic mass is 79.9. The molecule has 0 saturated carbocycles. The van der Waals surface area contributed by atoms with Gasteiger partial charge in [0.15, 0.2) is 0 Å². The van der Waals surface area contributed by atoms with E-state index in [0.717, 1.165) is 35.7 Å². The molecule has 0 bridgehead atoms. The Bertz CT molecular complexity index is 406. The lowest BCUT2D eigenvalue weighted by Crippen LogP contribution is -2.26. The van der Waals surface area contributed by atoms with Crippen LogP contribution in [-0.2, 0) is 6.42 Å². The maximum atomic E-state index is 10.7. The predicted octanol–water partition coefficient (Wildman–Crippen LogP) is 3.48. The zero-order chi connectivity index (χ0) is 11.5. The minimum Gasteiger partial charge on any atom is -0.465 e. The number of benzene rings is 1. The SMILES string of the molecule is O=C(O)NC1CCCCc2cc(Br)ccc21. The highest BCUT2D eigenvalue weighted by Crippen LogP contribution is 2.30. The van der Waals surface area contributed by atoms with E-state index in [9.17, 15) is 4.79 Å². The molecule has 2 rings (SSSR count). The molecular formula is C12H14BrNO2. The summed E-state index contributed by atoms with van der Waals surface area (Å²) in [6.45, 7) is 0.